The minimum Gasteiger partial charge on any atom is -0.261 e. The minimum atomic E-state index is 1.11. The van der Waals surface area contributed by atoms with E-state index in [1.807, 2.05) is 40.8 Å². The summed E-state index contributed by atoms with van der Waals surface area (Å²) in [5.41, 5.74) is 2.35. The van der Waals surface area contributed by atoms with Crippen LogP contribution in [0.2, 0.25) is 0 Å². The van der Waals surface area contributed by atoms with Crippen molar-refractivity contribution in [1.29, 1.82) is 0 Å². The number of hydrogen-bond donors (Lipinski definition) is 0. The van der Waals surface area contributed by atoms with Gasteiger partial charge in [-0.3, -0.25) is 4.98 Å². The monoisotopic (exact) mass is 217 g/mol. The van der Waals surface area contributed by atoms with E-state index in [1.165, 1.54) is 16.3 Å². The van der Waals surface area contributed by atoms with Crippen LogP contribution in [0.15, 0.2) is 30.5 Å². The summed E-state index contributed by atoms with van der Waals surface area (Å²) >= 11 is 0. The summed E-state index contributed by atoms with van der Waals surface area (Å²) in [6, 6.07) is 8.37. The van der Waals surface area contributed by atoms with Crippen LogP contribution in [0.25, 0.3) is 10.8 Å². The Bertz CT molecular complexity index is 378. The molecule has 0 aliphatic heterocycles. The van der Waals surface area contributed by atoms with Crippen LogP contribution in [0.1, 0.15) is 39.0 Å². The van der Waals surface area contributed by atoms with E-state index in [9.17, 15) is 0 Å². The smallest absolute Gasteiger partial charge is 0.0451 e. The van der Waals surface area contributed by atoms with Crippen molar-refractivity contribution in [2.45, 2.75) is 41.5 Å². The summed E-state index contributed by atoms with van der Waals surface area (Å²) in [6.07, 6.45) is 1.93. The van der Waals surface area contributed by atoms with Crippen molar-refractivity contribution in [3.05, 3.63) is 41.7 Å². The molecule has 1 aromatic carbocycles. The van der Waals surface area contributed by atoms with E-state index in [0.29, 0.717) is 0 Å². The van der Waals surface area contributed by atoms with Crippen LogP contribution >= 0.6 is 0 Å². The summed E-state index contributed by atoms with van der Waals surface area (Å²) in [7, 11) is 0. The number of nitrogens with zero attached hydrogens (tertiary/aromatic N) is 1. The lowest BCUT2D eigenvalue weighted by atomic mass is 10.1. The molecule has 0 radical (unpaired) electrons. The topological polar surface area (TPSA) is 12.9 Å². The average molecular weight is 217 g/mol. The van der Waals surface area contributed by atoms with E-state index in [4.69, 9.17) is 0 Å². The first kappa shape index (κ1) is 14.6. The van der Waals surface area contributed by atoms with Gasteiger partial charge >= 0.3 is 0 Å². The van der Waals surface area contributed by atoms with E-state index < -0.39 is 0 Å². The van der Waals surface area contributed by atoms with Crippen LogP contribution < -0.4 is 0 Å². The number of pyridine rings is 1. The molecule has 0 fully saturated rings. The van der Waals surface area contributed by atoms with Crippen LogP contribution in [0, 0.1) is 13.8 Å². The summed E-state index contributed by atoms with van der Waals surface area (Å²) in [6.45, 7) is 12.1. The van der Waals surface area contributed by atoms with E-state index in [-0.39, 0.29) is 0 Å². The second-order valence-corrected chi connectivity index (χ2v) is 3.07. The van der Waals surface area contributed by atoms with Gasteiger partial charge in [-0.15, -0.1) is 0 Å². The molecule has 1 aromatic heterocycles. The Balaban J connectivity index is 0.000000509. The molecule has 0 saturated heterocycles. The predicted octanol–water partition coefficient (Wildman–Crippen LogP) is 4.90. The van der Waals surface area contributed by atoms with Crippen LogP contribution in [0.5, 0.6) is 0 Å². The van der Waals surface area contributed by atoms with Crippen molar-refractivity contribution in [3.63, 3.8) is 0 Å². The highest BCUT2D eigenvalue weighted by Gasteiger charge is 1.98. The van der Waals surface area contributed by atoms with Gasteiger partial charge < -0.3 is 0 Å². The highest BCUT2D eigenvalue weighted by atomic mass is 14.7. The second-order valence-electron chi connectivity index (χ2n) is 3.07. The Kier molecular flexibility index (Phi) is 7.19. The fourth-order valence-corrected chi connectivity index (χ4v) is 1.48. The van der Waals surface area contributed by atoms with Crippen molar-refractivity contribution in [2.24, 2.45) is 0 Å². The van der Waals surface area contributed by atoms with Gasteiger partial charge in [0.25, 0.3) is 0 Å². The van der Waals surface area contributed by atoms with Crippen molar-refractivity contribution in [3.8, 4) is 0 Å². The molecule has 16 heavy (non-hydrogen) atoms. The van der Waals surface area contributed by atoms with Gasteiger partial charge in [-0.1, -0.05) is 52.0 Å². The number of hydrogen-bond acceptors (Lipinski definition) is 1. The third kappa shape index (κ3) is 3.34. The predicted molar refractivity (Wildman–Crippen MR) is 73.9 cm³/mol. The Labute approximate surface area is 99.5 Å². The molecule has 2 rings (SSSR count). The number of benzene rings is 1. The van der Waals surface area contributed by atoms with Crippen molar-refractivity contribution in [1.82, 2.24) is 4.98 Å². The van der Waals surface area contributed by atoms with E-state index in [0.717, 1.165) is 5.69 Å². The zero-order chi connectivity index (χ0) is 12.6. The molecule has 1 heteroatoms. The maximum Gasteiger partial charge on any atom is 0.0451 e. The molecule has 1 heterocycles. The lowest BCUT2D eigenvalue weighted by Crippen LogP contribution is -1.86. The number of aromatic nitrogens is 1. The molecule has 0 N–H and O–H groups in total. The van der Waals surface area contributed by atoms with Crippen molar-refractivity contribution < 1.29 is 0 Å². The van der Waals surface area contributed by atoms with Crippen LogP contribution in [-0.4, -0.2) is 4.98 Å². The summed E-state index contributed by atoms with van der Waals surface area (Å²) in [4.78, 5) is 4.31. The molecule has 0 aliphatic carbocycles. The highest BCUT2D eigenvalue weighted by molar-refractivity contribution is 5.86. The van der Waals surface area contributed by atoms with Gasteiger partial charge in [0.05, 0.1) is 0 Å². The Morgan fingerprint density at radius 1 is 0.812 bits per heavy atom. The summed E-state index contributed by atoms with van der Waals surface area (Å²) in [5, 5.41) is 2.57. The average Bonchev–Trinajstić information content (AvgIpc) is 2.39. The molecule has 2 aromatic rings. The molecule has 88 valence electrons. The van der Waals surface area contributed by atoms with E-state index >= 15 is 0 Å². The molecule has 0 amide bonds. The lowest BCUT2D eigenvalue weighted by Gasteiger charge is -2.02. The van der Waals surface area contributed by atoms with Gasteiger partial charge in [0.2, 0.25) is 0 Å². The largest absolute Gasteiger partial charge is 0.261 e. The van der Waals surface area contributed by atoms with Gasteiger partial charge in [-0.25, -0.2) is 0 Å². The van der Waals surface area contributed by atoms with E-state index in [1.54, 1.807) is 0 Å². The maximum atomic E-state index is 4.31. The van der Waals surface area contributed by atoms with Crippen LogP contribution in [0.3, 0.4) is 0 Å². The Hall–Kier alpha value is -1.37. The molecule has 0 atom stereocenters. The summed E-state index contributed by atoms with van der Waals surface area (Å²) in [5.74, 6) is 0. The zero-order valence-corrected chi connectivity index (χ0v) is 11.3. The van der Waals surface area contributed by atoms with Gasteiger partial charge in [0, 0.05) is 17.3 Å². The third-order valence-electron chi connectivity index (χ3n) is 2.19. The first-order chi connectivity index (χ1) is 7.79. The van der Waals surface area contributed by atoms with Gasteiger partial charge in [-0.2, -0.15) is 0 Å². The number of aryl methyl sites for hydroxylation is 2. The molecular weight excluding hydrogens is 194 g/mol. The fourth-order valence-electron chi connectivity index (χ4n) is 1.48. The first-order valence-corrected chi connectivity index (χ1v) is 6.10. The van der Waals surface area contributed by atoms with Gasteiger partial charge in [0.15, 0.2) is 0 Å². The maximum absolute atomic E-state index is 4.31. The molecule has 0 spiro atoms. The van der Waals surface area contributed by atoms with Crippen molar-refractivity contribution in [2.75, 3.05) is 0 Å². The second kappa shape index (κ2) is 7.86. The lowest BCUT2D eigenvalue weighted by molar-refractivity contribution is 1.21. The molecule has 0 aliphatic rings. The molecule has 0 bridgehead atoms. The Morgan fingerprint density at radius 2 is 1.31 bits per heavy atom. The van der Waals surface area contributed by atoms with E-state index in [2.05, 4.69) is 36.2 Å². The van der Waals surface area contributed by atoms with Gasteiger partial charge in [-0.05, 0) is 24.8 Å². The van der Waals surface area contributed by atoms with Gasteiger partial charge in [0.1, 0.15) is 0 Å². The first-order valence-electron chi connectivity index (χ1n) is 6.10. The highest BCUT2D eigenvalue weighted by Crippen LogP contribution is 2.18. The standard InChI is InChI=1S/C11H11N.2C2H6/c1-8-7-12-9(2)11-6-4-3-5-10(8)11;2*1-2/h3-7H,1-2H3;2*1-2H3. The summed E-state index contributed by atoms with van der Waals surface area (Å²) < 4.78 is 0. The molecular formula is C15H23N. The number of rotatable bonds is 0. The zero-order valence-electron chi connectivity index (χ0n) is 11.3. The normalized spacial score (nSPS) is 8.62. The van der Waals surface area contributed by atoms with Crippen molar-refractivity contribution >= 4 is 10.8 Å². The fraction of sp³-hybridized carbons (Fsp3) is 0.400. The minimum absolute atomic E-state index is 1.11. The molecule has 0 unspecified atom stereocenters. The molecule has 1 nitrogen and oxygen atoms in total. The SMILES string of the molecule is CC.CC.Cc1cnc(C)c2ccccc12. The quantitative estimate of drug-likeness (QED) is 0.611. The third-order valence-corrected chi connectivity index (χ3v) is 2.19. The molecule has 0 saturated carbocycles. The van der Waals surface area contributed by atoms with Crippen LogP contribution in [-0.2, 0) is 0 Å². The Morgan fingerprint density at radius 3 is 1.81 bits per heavy atom. The number of fused-ring (bicyclic) bond motifs is 1. The van der Waals surface area contributed by atoms with Crippen LogP contribution in [0.4, 0.5) is 0 Å².